The van der Waals surface area contributed by atoms with E-state index in [-0.39, 0.29) is 42.8 Å². The van der Waals surface area contributed by atoms with Crippen LogP contribution in [0.25, 0.3) is 11.2 Å². The van der Waals surface area contributed by atoms with E-state index in [0.717, 1.165) is 11.1 Å². The van der Waals surface area contributed by atoms with Gasteiger partial charge in [-0.05, 0) is 30.9 Å². The van der Waals surface area contributed by atoms with Crippen molar-refractivity contribution in [3.8, 4) is 0 Å². The van der Waals surface area contributed by atoms with Crippen molar-refractivity contribution in [2.24, 2.45) is 0 Å². The van der Waals surface area contributed by atoms with Crippen LogP contribution in [0, 0.1) is 0 Å². The molecule has 0 aliphatic carbocycles. The molecule has 4 atom stereocenters. The molecular formula is C23H29N7O6. The second-order valence-electron chi connectivity index (χ2n) is 8.36. The number of nitrogens with one attached hydrogen (secondary N) is 2. The lowest BCUT2D eigenvalue weighted by atomic mass is 10.1. The Morgan fingerprint density at radius 1 is 1.17 bits per heavy atom. The second kappa shape index (κ2) is 10.8. The summed E-state index contributed by atoms with van der Waals surface area (Å²) >= 11 is 0. The van der Waals surface area contributed by atoms with Gasteiger partial charge >= 0.3 is 5.97 Å². The summed E-state index contributed by atoms with van der Waals surface area (Å²) in [7, 11) is 0. The van der Waals surface area contributed by atoms with Crippen molar-refractivity contribution in [1.29, 1.82) is 0 Å². The molecule has 1 aliphatic heterocycles. The number of carbonyl (C=O) groups is 2. The maximum atomic E-state index is 12.3. The fourth-order valence-electron chi connectivity index (χ4n) is 3.98. The fourth-order valence-corrected chi connectivity index (χ4v) is 3.98. The number of ether oxygens (including phenoxy) is 1. The molecule has 1 aliphatic rings. The minimum Gasteiger partial charge on any atom is -0.481 e. The maximum absolute atomic E-state index is 12.3. The lowest BCUT2D eigenvalue weighted by Crippen LogP contribution is -2.42. The van der Waals surface area contributed by atoms with Gasteiger partial charge in [-0.3, -0.25) is 14.2 Å². The SMILES string of the molecule is [2H]CCNC(=O)[C@H]1OC(n2cnc3c(N)nc(NCCc4ccc(CCC(=O)O)cc4)nc32)[C@H](O)[C@@H]1O. The van der Waals surface area contributed by atoms with Crippen LogP contribution < -0.4 is 16.4 Å². The number of nitrogens with two attached hydrogens (primary N) is 1. The summed E-state index contributed by atoms with van der Waals surface area (Å²) in [4.78, 5) is 35.9. The number of carbonyl (C=O) groups excluding carboxylic acids is 1. The van der Waals surface area contributed by atoms with Gasteiger partial charge in [0.1, 0.15) is 17.7 Å². The van der Waals surface area contributed by atoms with Crippen LogP contribution in [0.15, 0.2) is 30.6 Å². The highest BCUT2D eigenvalue weighted by Crippen LogP contribution is 2.32. The van der Waals surface area contributed by atoms with Crippen LogP contribution in [0.5, 0.6) is 0 Å². The van der Waals surface area contributed by atoms with Gasteiger partial charge in [-0.1, -0.05) is 24.3 Å². The molecule has 192 valence electrons. The molecule has 13 nitrogen and oxygen atoms in total. The standard InChI is InChI=1S/C23H29N7O6/c1-2-25-21(35)18-16(33)17(34)22(36-18)30-11-27-15-19(24)28-23(29-20(15)30)26-10-9-13-5-3-12(4-6-13)7-8-14(31)32/h3-6,11,16-18,22,33-34H,2,7-10H2,1H3,(H,25,35)(H,31,32)(H3,24,26,28,29)/t16-,17+,18-,22?/m0/s1/i1D. The number of fused-ring (bicyclic) bond motifs is 1. The number of aliphatic hydroxyl groups excluding tert-OH is 2. The summed E-state index contributed by atoms with van der Waals surface area (Å²) in [6, 6.07) is 7.68. The molecule has 3 aromatic rings. The Morgan fingerprint density at radius 2 is 1.89 bits per heavy atom. The monoisotopic (exact) mass is 500 g/mol. The van der Waals surface area contributed by atoms with Crippen LogP contribution in [0.4, 0.5) is 11.8 Å². The molecule has 7 N–H and O–H groups in total. The number of likely N-dealkylation sites (N-methyl/N-ethyl adjacent to an activating group) is 1. The van der Waals surface area contributed by atoms with Crippen LogP contribution in [0.3, 0.4) is 0 Å². The third-order valence-electron chi connectivity index (χ3n) is 5.87. The van der Waals surface area contributed by atoms with E-state index < -0.39 is 36.4 Å². The molecule has 13 heteroatoms. The molecule has 1 saturated heterocycles. The molecule has 36 heavy (non-hydrogen) atoms. The molecule has 1 fully saturated rings. The van der Waals surface area contributed by atoms with Gasteiger partial charge in [0.2, 0.25) is 5.95 Å². The predicted molar refractivity (Wildman–Crippen MR) is 129 cm³/mol. The van der Waals surface area contributed by atoms with Crippen molar-refractivity contribution >= 4 is 34.8 Å². The van der Waals surface area contributed by atoms with Crippen molar-refractivity contribution in [2.45, 2.75) is 50.7 Å². The topological polar surface area (TPSA) is 198 Å². The van der Waals surface area contributed by atoms with Gasteiger partial charge in [0.05, 0.1) is 6.33 Å². The molecule has 0 radical (unpaired) electrons. The quantitative estimate of drug-likeness (QED) is 0.216. The largest absolute Gasteiger partial charge is 0.481 e. The van der Waals surface area contributed by atoms with E-state index in [9.17, 15) is 19.8 Å². The molecule has 1 unspecified atom stereocenters. The Bertz CT molecular complexity index is 1250. The van der Waals surface area contributed by atoms with Crippen LogP contribution >= 0.6 is 0 Å². The zero-order valence-corrected chi connectivity index (χ0v) is 19.4. The number of benzene rings is 1. The molecule has 1 amide bonds. The van der Waals surface area contributed by atoms with Crippen molar-refractivity contribution < 1.29 is 31.0 Å². The molecule has 0 saturated carbocycles. The molecule has 1 aromatic carbocycles. The normalized spacial score (nSPS) is 21.9. The van der Waals surface area contributed by atoms with Crippen LogP contribution in [0.2, 0.25) is 0 Å². The first-order valence-electron chi connectivity index (χ1n) is 12.1. The summed E-state index contributed by atoms with van der Waals surface area (Å²) in [6.07, 6.45) is -2.84. The average Bonchev–Trinajstić information content (AvgIpc) is 3.43. The highest BCUT2D eigenvalue weighted by Gasteiger charge is 2.47. The number of carboxylic acid groups (broad SMARTS) is 1. The summed E-state index contributed by atoms with van der Waals surface area (Å²) in [6.45, 7) is 0.539. The number of aliphatic hydroxyl groups is 2. The summed E-state index contributed by atoms with van der Waals surface area (Å²) in [5, 5.41) is 35.3. The first-order chi connectivity index (χ1) is 17.8. The van der Waals surface area contributed by atoms with Gasteiger partial charge in [-0.15, -0.1) is 0 Å². The number of anilines is 2. The Labute approximate surface area is 207 Å². The summed E-state index contributed by atoms with van der Waals surface area (Å²) in [5.74, 6) is -1.13. The number of carboxylic acids is 1. The van der Waals surface area contributed by atoms with Gasteiger partial charge in [0.25, 0.3) is 5.91 Å². The van der Waals surface area contributed by atoms with E-state index in [1.165, 1.54) is 10.9 Å². The number of nitrogens with zero attached hydrogens (tertiary/aromatic N) is 4. The van der Waals surface area contributed by atoms with Gasteiger partial charge in [0.15, 0.2) is 23.8 Å². The van der Waals surface area contributed by atoms with Gasteiger partial charge < -0.3 is 36.4 Å². The number of aliphatic carboxylic acids is 1. The number of hydrogen-bond acceptors (Lipinski definition) is 10. The van der Waals surface area contributed by atoms with E-state index in [0.29, 0.717) is 19.4 Å². The zero-order valence-electron chi connectivity index (χ0n) is 20.4. The third-order valence-corrected chi connectivity index (χ3v) is 5.87. The van der Waals surface area contributed by atoms with Gasteiger partial charge in [-0.25, -0.2) is 4.98 Å². The number of hydrogen-bond donors (Lipinski definition) is 6. The molecule has 0 bridgehead atoms. The lowest BCUT2D eigenvalue weighted by Gasteiger charge is -2.16. The van der Waals surface area contributed by atoms with Crippen molar-refractivity contribution in [1.82, 2.24) is 24.8 Å². The summed E-state index contributed by atoms with van der Waals surface area (Å²) < 4.78 is 14.2. The summed E-state index contributed by atoms with van der Waals surface area (Å²) in [5.41, 5.74) is 8.58. The maximum Gasteiger partial charge on any atom is 0.303 e. The van der Waals surface area contributed by atoms with Crippen molar-refractivity contribution in [3.05, 3.63) is 41.7 Å². The molecule has 2 aromatic heterocycles. The number of aromatic nitrogens is 4. The number of rotatable bonds is 10. The van der Waals surface area contributed by atoms with Crippen LogP contribution in [-0.2, 0) is 27.2 Å². The Kier molecular flexibility index (Phi) is 7.21. The van der Waals surface area contributed by atoms with Gasteiger partial charge in [-0.2, -0.15) is 9.97 Å². The molecule has 3 heterocycles. The first kappa shape index (κ1) is 23.9. The van der Waals surface area contributed by atoms with E-state index in [2.05, 4.69) is 25.6 Å². The Hall–Kier alpha value is -3.81. The minimum absolute atomic E-state index is 0.0310. The molecule has 0 spiro atoms. The number of nitrogen functional groups attached to an aromatic ring is 1. The highest BCUT2D eigenvalue weighted by molar-refractivity contribution is 5.83. The third kappa shape index (κ3) is 5.37. The van der Waals surface area contributed by atoms with Crippen molar-refractivity contribution in [3.63, 3.8) is 0 Å². The van der Waals surface area contributed by atoms with E-state index >= 15 is 0 Å². The lowest BCUT2D eigenvalue weighted by molar-refractivity contribution is -0.138. The molecule has 4 rings (SSSR count). The fraction of sp³-hybridized carbons (Fsp3) is 0.435. The average molecular weight is 501 g/mol. The molecular weight excluding hydrogens is 470 g/mol. The number of imidazole rings is 1. The second-order valence-corrected chi connectivity index (χ2v) is 8.36. The first-order valence-corrected chi connectivity index (χ1v) is 11.4. The highest BCUT2D eigenvalue weighted by atomic mass is 16.6. The number of amides is 1. The Balaban J connectivity index is 1.44. The van der Waals surface area contributed by atoms with E-state index in [1.54, 1.807) is 0 Å². The predicted octanol–water partition coefficient (Wildman–Crippen LogP) is -0.164. The minimum atomic E-state index is -1.49. The van der Waals surface area contributed by atoms with E-state index in [1.807, 2.05) is 24.3 Å². The van der Waals surface area contributed by atoms with E-state index in [4.69, 9.17) is 16.9 Å². The zero-order chi connectivity index (χ0) is 26.5. The van der Waals surface area contributed by atoms with Crippen molar-refractivity contribution in [2.75, 3.05) is 24.1 Å². The Morgan fingerprint density at radius 3 is 2.58 bits per heavy atom. The smallest absolute Gasteiger partial charge is 0.303 e. The van der Waals surface area contributed by atoms with Crippen LogP contribution in [0.1, 0.15) is 32.0 Å². The van der Waals surface area contributed by atoms with Gasteiger partial charge in [0, 0.05) is 20.9 Å². The number of aryl methyl sites for hydroxylation is 1. The van der Waals surface area contributed by atoms with Crippen LogP contribution in [-0.4, -0.2) is 78.1 Å².